The molecule has 0 spiro atoms. The summed E-state index contributed by atoms with van der Waals surface area (Å²) in [6.07, 6.45) is 1.95. The van der Waals surface area contributed by atoms with Crippen LogP contribution in [0.15, 0.2) is 217 Å². The van der Waals surface area contributed by atoms with Crippen LogP contribution in [0.3, 0.4) is 0 Å². The summed E-state index contributed by atoms with van der Waals surface area (Å²) >= 11 is 0. The molecule has 290 valence electrons. The Hall–Kier alpha value is -8.48. The van der Waals surface area contributed by atoms with E-state index < -0.39 is 0 Å². The molecule has 4 heterocycles. The highest BCUT2D eigenvalue weighted by Crippen LogP contribution is 2.41. The van der Waals surface area contributed by atoms with Gasteiger partial charge in [0.25, 0.3) is 0 Å². The molecule has 0 N–H and O–H groups in total. The second-order valence-electron chi connectivity index (χ2n) is 15.5. The van der Waals surface area contributed by atoms with Crippen LogP contribution in [0.1, 0.15) is 0 Å². The second-order valence-corrected chi connectivity index (χ2v) is 15.5. The molecule has 62 heavy (non-hydrogen) atoms. The summed E-state index contributed by atoms with van der Waals surface area (Å²) in [5.74, 6) is 1.70. The third-order valence-electron chi connectivity index (χ3n) is 11.7. The molecular formula is C56H35N5O. The van der Waals surface area contributed by atoms with E-state index in [-0.39, 0.29) is 0 Å². The van der Waals surface area contributed by atoms with Gasteiger partial charge < -0.3 is 8.98 Å². The molecular weight excluding hydrogens is 759 g/mol. The SMILES string of the molecule is c1ccc(-c2cccc(-c3cnc(-c4ccc5c(c4)oc4cc6c7ccccc7n(-c7ccccc7)c6cc45)c(-c4nc(-c5ccccc5)nc(-c5ccccc5)n4)c3)c2)cc1. The number of fused-ring (bicyclic) bond motifs is 6. The third kappa shape index (κ3) is 6.13. The van der Waals surface area contributed by atoms with Gasteiger partial charge in [-0.2, -0.15) is 0 Å². The predicted molar refractivity (Wildman–Crippen MR) is 252 cm³/mol. The maximum Gasteiger partial charge on any atom is 0.166 e. The Kier molecular flexibility index (Phi) is 8.38. The Morgan fingerprint density at radius 3 is 1.63 bits per heavy atom. The Morgan fingerprint density at radius 1 is 0.339 bits per heavy atom. The summed E-state index contributed by atoms with van der Waals surface area (Å²) in [5.41, 5.74) is 13.5. The summed E-state index contributed by atoms with van der Waals surface area (Å²) in [6.45, 7) is 0. The molecule has 4 aromatic heterocycles. The number of para-hydroxylation sites is 2. The molecule has 0 atom stereocenters. The van der Waals surface area contributed by atoms with Crippen LogP contribution in [-0.4, -0.2) is 24.5 Å². The summed E-state index contributed by atoms with van der Waals surface area (Å²) in [5, 5.41) is 4.41. The van der Waals surface area contributed by atoms with E-state index in [0.717, 1.165) is 94.2 Å². The molecule has 0 saturated carbocycles. The number of aromatic nitrogens is 5. The first-order valence-corrected chi connectivity index (χ1v) is 20.7. The summed E-state index contributed by atoms with van der Waals surface area (Å²) in [4.78, 5) is 20.6. The minimum atomic E-state index is 0.530. The van der Waals surface area contributed by atoms with Crippen molar-refractivity contribution >= 4 is 43.7 Å². The summed E-state index contributed by atoms with van der Waals surface area (Å²) in [6, 6.07) is 71.2. The fourth-order valence-corrected chi connectivity index (χ4v) is 8.70. The van der Waals surface area contributed by atoms with Gasteiger partial charge in [0.2, 0.25) is 0 Å². The lowest BCUT2D eigenvalue weighted by Crippen LogP contribution is -2.02. The van der Waals surface area contributed by atoms with Gasteiger partial charge in [-0.3, -0.25) is 4.98 Å². The van der Waals surface area contributed by atoms with Gasteiger partial charge in [0.1, 0.15) is 11.2 Å². The van der Waals surface area contributed by atoms with Gasteiger partial charge in [0, 0.05) is 61.2 Å². The van der Waals surface area contributed by atoms with Crippen molar-refractivity contribution in [3.8, 4) is 73.4 Å². The van der Waals surface area contributed by atoms with Crippen LogP contribution < -0.4 is 0 Å². The number of pyridine rings is 1. The van der Waals surface area contributed by atoms with E-state index >= 15 is 0 Å². The molecule has 8 aromatic carbocycles. The number of furan rings is 1. The average molecular weight is 794 g/mol. The molecule has 0 aliphatic heterocycles. The van der Waals surface area contributed by atoms with Crippen LogP contribution in [0.2, 0.25) is 0 Å². The molecule has 0 fully saturated rings. The maximum absolute atomic E-state index is 6.76. The number of benzene rings is 8. The fourth-order valence-electron chi connectivity index (χ4n) is 8.70. The normalized spacial score (nSPS) is 11.5. The van der Waals surface area contributed by atoms with Gasteiger partial charge in [0.15, 0.2) is 17.5 Å². The van der Waals surface area contributed by atoms with Crippen molar-refractivity contribution < 1.29 is 4.42 Å². The van der Waals surface area contributed by atoms with Gasteiger partial charge in [-0.15, -0.1) is 0 Å². The first kappa shape index (κ1) is 35.5. The van der Waals surface area contributed by atoms with Gasteiger partial charge in [-0.1, -0.05) is 152 Å². The van der Waals surface area contributed by atoms with E-state index in [1.807, 2.05) is 72.9 Å². The van der Waals surface area contributed by atoms with Crippen molar-refractivity contribution in [1.29, 1.82) is 0 Å². The van der Waals surface area contributed by atoms with Crippen molar-refractivity contribution in [2.45, 2.75) is 0 Å². The lowest BCUT2D eigenvalue weighted by atomic mass is 9.97. The van der Waals surface area contributed by atoms with Crippen LogP contribution in [-0.2, 0) is 0 Å². The first-order chi connectivity index (χ1) is 30.7. The number of rotatable bonds is 7. The van der Waals surface area contributed by atoms with Crippen LogP contribution in [0.5, 0.6) is 0 Å². The van der Waals surface area contributed by atoms with Crippen molar-refractivity contribution in [3.63, 3.8) is 0 Å². The topological polar surface area (TPSA) is 69.6 Å². The van der Waals surface area contributed by atoms with E-state index in [2.05, 4.69) is 144 Å². The van der Waals surface area contributed by atoms with Crippen LogP contribution in [0.25, 0.3) is 117 Å². The summed E-state index contributed by atoms with van der Waals surface area (Å²) in [7, 11) is 0. The zero-order valence-corrected chi connectivity index (χ0v) is 33.4. The highest BCUT2D eigenvalue weighted by atomic mass is 16.3. The molecule has 0 bridgehead atoms. The zero-order chi connectivity index (χ0) is 41.0. The van der Waals surface area contributed by atoms with E-state index in [4.69, 9.17) is 24.4 Å². The quantitative estimate of drug-likeness (QED) is 0.161. The van der Waals surface area contributed by atoms with Crippen LogP contribution in [0.4, 0.5) is 0 Å². The van der Waals surface area contributed by atoms with E-state index in [1.54, 1.807) is 0 Å². The van der Waals surface area contributed by atoms with Crippen LogP contribution >= 0.6 is 0 Å². The Balaban J connectivity index is 1.06. The number of hydrogen-bond donors (Lipinski definition) is 0. The van der Waals surface area contributed by atoms with Gasteiger partial charge in [0.05, 0.1) is 16.7 Å². The molecule has 12 aromatic rings. The number of nitrogens with zero attached hydrogens (tertiary/aromatic N) is 5. The maximum atomic E-state index is 6.76. The van der Waals surface area contributed by atoms with Gasteiger partial charge in [-0.25, -0.2) is 15.0 Å². The molecule has 6 nitrogen and oxygen atoms in total. The minimum absolute atomic E-state index is 0.530. The van der Waals surface area contributed by atoms with Crippen molar-refractivity contribution in [3.05, 3.63) is 212 Å². The molecule has 12 rings (SSSR count). The predicted octanol–water partition coefficient (Wildman–Crippen LogP) is 14.3. The number of hydrogen-bond acceptors (Lipinski definition) is 5. The molecule has 0 aliphatic rings. The van der Waals surface area contributed by atoms with Crippen molar-refractivity contribution in [2.75, 3.05) is 0 Å². The van der Waals surface area contributed by atoms with Crippen LogP contribution in [0, 0.1) is 0 Å². The Morgan fingerprint density at radius 2 is 0.919 bits per heavy atom. The van der Waals surface area contributed by atoms with Crippen molar-refractivity contribution in [2.24, 2.45) is 0 Å². The smallest absolute Gasteiger partial charge is 0.166 e. The molecule has 0 saturated heterocycles. The Bertz CT molecular complexity index is 3560. The molecule has 0 aliphatic carbocycles. The lowest BCUT2D eigenvalue weighted by Gasteiger charge is -2.14. The van der Waals surface area contributed by atoms with E-state index in [0.29, 0.717) is 17.5 Å². The standard InChI is InChI=1S/C56H35N5O/c1-5-16-36(17-6-1)39-22-15-23-40(30-39)42-31-48(56-59-54(37-18-7-2-8-19-37)58-55(60-56)38-20-9-3-10-21-38)53(57-35-42)41-28-29-45-47-33-50-46(34-52(47)62-51(45)32-41)44-26-13-14-27-49(44)61(50)43-24-11-4-12-25-43/h1-35H. The van der Waals surface area contributed by atoms with Crippen molar-refractivity contribution in [1.82, 2.24) is 24.5 Å². The van der Waals surface area contributed by atoms with Gasteiger partial charge in [-0.05, 0) is 71.3 Å². The summed E-state index contributed by atoms with van der Waals surface area (Å²) < 4.78 is 9.10. The third-order valence-corrected chi connectivity index (χ3v) is 11.7. The average Bonchev–Trinajstić information content (AvgIpc) is 3.88. The fraction of sp³-hybridized carbons (Fsp3) is 0. The zero-order valence-electron chi connectivity index (χ0n) is 33.4. The minimum Gasteiger partial charge on any atom is -0.456 e. The highest BCUT2D eigenvalue weighted by molar-refractivity contribution is 6.17. The first-order valence-electron chi connectivity index (χ1n) is 20.7. The lowest BCUT2D eigenvalue weighted by molar-refractivity contribution is 0.669. The molecule has 0 unspecified atom stereocenters. The highest BCUT2D eigenvalue weighted by Gasteiger charge is 2.21. The van der Waals surface area contributed by atoms with Gasteiger partial charge >= 0.3 is 0 Å². The largest absolute Gasteiger partial charge is 0.456 e. The molecule has 0 radical (unpaired) electrons. The molecule has 0 amide bonds. The van der Waals surface area contributed by atoms with E-state index in [9.17, 15) is 0 Å². The monoisotopic (exact) mass is 793 g/mol. The molecule has 6 heteroatoms. The van der Waals surface area contributed by atoms with E-state index in [1.165, 1.54) is 5.39 Å². The Labute approximate surface area is 357 Å². The second kappa shape index (κ2) is 14.7.